The van der Waals surface area contributed by atoms with Gasteiger partial charge in [0.15, 0.2) is 0 Å². The molecule has 0 aliphatic heterocycles. The Bertz CT molecular complexity index is 466. The first kappa shape index (κ1) is 12.3. The monoisotopic (exact) mass is 293 g/mol. The standard InChI is InChI=1S/C13H16BrN3/c1-2-15-8-11-3-4-12(13(14)7-11)9-17-6-5-16-10-17/h3-7,10,15H,2,8-9H2,1H3. The molecule has 17 heavy (non-hydrogen) atoms. The second-order valence-electron chi connectivity index (χ2n) is 3.94. The normalized spacial score (nSPS) is 10.7. The zero-order valence-corrected chi connectivity index (χ0v) is 11.4. The Morgan fingerprint density at radius 3 is 2.94 bits per heavy atom. The van der Waals surface area contributed by atoms with Crippen LogP contribution in [-0.4, -0.2) is 16.1 Å². The van der Waals surface area contributed by atoms with Gasteiger partial charge in [0.25, 0.3) is 0 Å². The van der Waals surface area contributed by atoms with Gasteiger partial charge in [0.2, 0.25) is 0 Å². The average Bonchev–Trinajstić information content (AvgIpc) is 2.82. The molecule has 0 aliphatic rings. The maximum absolute atomic E-state index is 4.04. The van der Waals surface area contributed by atoms with Crippen LogP contribution in [0.15, 0.2) is 41.4 Å². The third-order valence-corrected chi connectivity index (χ3v) is 3.35. The Hall–Kier alpha value is -1.13. The molecule has 0 bridgehead atoms. The van der Waals surface area contributed by atoms with E-state index in [1.807, 2.05) is 12.5 Å². The maximum Gasteiger partial charge on any atom is 0.0949 e. The second-order valence-corrected chi connectivity index (χ2v) is 4.80. The minimum Gasteiger partial charge on any atom is -0.333 e. The Kier molecular flexibility index (Phi) is 4.34. The number of benzene rings is 1. The summed E-state index contributed by atoms with van der Waals surface area (Å²) in [6, 6.07) is 6.51. The largest absolute Gasteiger partial charge is 0.333 e. The summed E-state index contributed by atoms with van der Waals surface area (Å²) in [5, 5.41) is 3.32. The fourth-order valence-electron chi connectivity index (χ4n) is 1.68. The maximum atomic E-state index is 4.04. The second kappa shape index (κ2) is 5.98. The Labute approximate surface area is 110 Å². The Balaban J connectivity index is 2.09. The fraction of sp³-hybridized carbons (Fsp3) is 0.308. The molecule has 0 saturated carbocycles. The van der Waals surface area contributed by atoms with Crippen molar-refractivity contribution in [2.75, 3.05) is 6.54 Å². The highest BCUT2D eigenvalue weighted by Gasteiger charge is 2.02. The highest BCUT2D eigenvalue weighted by molar-refractivity contribution is 9.10. The zero-order valence-electron chi connectivity index (χ0n) is 9.86. The molecule has 0 aliphatic carbocycles. The lowest BCUT2D eigenvalue weighted by atomic mass is 10.1. The van der Waals surface area contributed by atoms with Crippen LogP contribution >= 0.6 is 15.9 Å². The predicted molar refractivity (Wildman–Crippen MR) is 72.9 cm³/mol. The first-order valence-electron chi connectivity index (χ1n) is 5.73. The first-order valence-corrected chi connectivity index (χ1v) is 6.52. The van der Waals surface area contributed by atoms with Crippen LogP contribution in [0.4, 0.5) is 0 Å². The molecular weight excluding hydrogens is 278 g/mol. The van der Waals surface area contributed by atoms with Crippen molar-refractivity contribution < 1.29 is 0 Å². The third-order valence-electron chi connectivity index (χ3n) is 2.61. The van der Waals surface area contributed by atoms with E-state index < -0.39 is 0 Å². The van der Waals surface area contributed by atoms with E-state index in [1.54, 1.807) is 6.20 Å². The summed E-state index contributed by atoms with van der Waals surface area (Å²) in [5.41, 5.74) is 2.57. The van der Waals surface area contributed by atoms with Crippen molar-refractivity contribution in [3.63, 3.8) is 0 Å². The average molecular weight is 294 g/mol. The molecule has 0 atom stereocenters. The van der Waals surface area contributed by atoms with Crippen LogP contribution in [0.2, 0.25) is 0 Å². The summed E-state index contributed by atoms with van der Waals surface area (Å²) in [6.07, 6.45) is 5.60. The van der Waals surface area contributed by atoms with Gasteiger partial charge >= 0.3 is 0 Å². The van der Waals surface area contributed by atoms with Crippen molar-refractivity contribution >= 4 is 15.9 Å². The van der Waals surface area contributed by atoms with Crippen LogP contribution in [0, 0.1) is 0 Å². The van der Waals surface area contributed by atoms with E-state index in [4.69, 9.17) is 0 Å². The lowest BCUT2D eigenvalue weighted by Crippen LogP contribution is -2.11. The van der Waals surface area contributed by atoms with E-state index in [2.05, 4.69) is 55.9 Å². The van der Waals surface area contributed by atoms with Crippen LogP contribution in [0.25, 0.3) is 0 Å². The van der Waals surface area contributed by atoms with Gasteiger partial charge in [0, 0.05) is 30.0 Å². The van der Waals surface area contributed by atoms with E-state index in [1.165, 1.54) is 11.1 Å². The van der Waals surface area contributed by atoms with E-state index in [9.17, 15) is 0 Å². The third kappa shape index (κ3) is 3.41. The van der Waals surface area contributed by atoms with E-state index in [0.29, 0.717) is 0 Å². The molecule has 3 nitrogen and oxygen atoms in total. The number of nitrogens with one attached hydrogen (secondary N) is 1. The minimum atomic E-state index is 0.849. The summed E-state index contributed by atoms with van der Waals surface area (Å²) in [5.74, 6) is 0. The van der Waals surface area contributed by atoms with Crippen molar-refractivity contribution in [1.29, 1.82) is 0 Å². The van der Waals surface area contributed by atoms with Crippen LogP contribution in [0.5, 0.6) is 0 Å². The molecule has 2 rings (SSSR count). The van der Waals surface area contributed by atoms with Crippen LogP contribution in [-0.2, 0) is 13.1 Å². The molecule has 0 radical (unpaired) electrons. The number of imidazole rings is 1. The number of hydrogen-bond acceptors (Lipinski definition) is 2. The van der Waals surface area contributed by atoms with Crippen molar-refractivity contribution in [3.05, 3.63) is 52.5 Å². The Morgan fingerprint density at radius 1 is 1.41 bits per heavy atom. The molecule has 2 aromatic rings. The van der Waals surface area contributed by atoms with Gasteiger partial charge in [-0.05, 0) is 23.7 Å². The van der Waals surface area contributed by atoms with Gasteiger partial charge in [-0.15, -0.1) is 0 Å². The van der Waals surface area contributed by atoms with Crippen LogP contribution < -0.4 is 5.32 Å². The quantitative estimate of drug-likeness (QED) is 0.919. The molecule has 1 aromatic carbocycles. The SMILES string of the molecule is CCNCc1ccc(Cn2ccnc2)c(Br)c1. The first-order chi connectivity index (χ1) is 8.29. The lowest BCUT2D eigenvalue weighted by Gasteiger charge is -2.08. The number of aromatic nitrogens is 2. The summed E-state index contributed by atoms with van der Waals surface area (Å²) in [6.45, 7) is 4.87. The number of rotatable bonds is 5. The molecule has 90 valence electrons. The number of hydrogen-bond donors (Lipinski definition) is 1. The molecule has 4 heteroatoms. The fourth-order valence-corrected chi connectivity index (χ4v) is 2.23. The predicted octanol–water partition coefficient (Wildman–Crippen LogP) is 2.80. The van der Waals surface area contributed by atoms with Gasteiger partial charge in [0.1, 0.15) is 0 Å². The molecule has 0 spiro atoms. The van der Waals surface area contributed by atoms with Gasteiger partial charge < -0.3 is 9.88 Å². The van der Waals surface area contributed by atoms with Crippen LogP contribution in [0.1, 0.15) is 18.1 Å². The van der Waals surface area contributed by atoms with Gasteiger partial charge in [-0.3, -0.25) is 0 Å². The van der Waals surface area contributed by atoms with E-state index in [-0.39, 0.29) is 0 Å². The molecule has 0 fully saturated rings. The topological polar surface area (TPSA) is 29.9 Å². The summed E-state index contributed by atoms with van der Waals surface area (Å²) in [7, 11) is 0. The van der Waals surface area contributed by atoms with Gasteiger partial charge in [-0.2, -0.15) is 0 Å². The van der Waals surface area contributed by atoms with E-state index >= 15 is 0 Å². The van der Waals surface area contributed by atoms with Gasteiger partial charge in [-0.25, -0.2) is 4.98 Å². The van der Waals surface area contributed by atoms with Crippen molar-refractivity contribution in [3.8, 4) is 0 Å². The highest BCUT2D eigenvalue weighted by Crippen LogP contribution is 2.19. The van der Waals surface area contributed by atoms with Gasteiger partial charge in [0.05, 0.1) is 6.33 Å². The lowest BCUT2D eigenvalue weighted by molar-refractivity contribution is 0.725. The molecule has 0 saturated heterocycles. The van der Waals surface area contributed by atoms with Crippen molar-refractivity contribution in [2.45, 2.75) is 20.0 Å². The summed E-state index contributed by atoms with van der Waals surface area (Å²) in [4.78, 5) is 4.04. The van der Waals surface area contributed by atoms with Gasteiger partial charge in [-0.1, -0.05) is 35.0 Å². The van der Waals surface area contributed by atoms with E-state index in [0.717, 1.165) is 24.1 Å². The van der Waals surface area contributed by atoms with Crippen molar-refractivity contribution in [1.82, 2.24) is 14.9 Å². The Morgan fingerprint density at radius 2 is 2.29 bits per heavy atom. The minimum absolute atomic E-state index is 0.849. The highest BCUT2D eigenvalue weighted by atomic mass is 79.9. The smallest absolute Gasteiger partial charge is 0.0949 e. The summed E-state index contributed by atoms with van der Waals surface area (Å²) >= 11 is 3.62. The van der Waals surface area contributed by atoms with Crippen molar-refractivity contribution in [2.24, 2.45) is 0 Å². The molecular formula is C13H16BrN3. The molecule has 1 heterocycles. The molecule has 0 unspecified atom stereocenters. The molecule has 1 N–H and O–H groups in total. The molecule has 0 amide bonds. The molecule has 1 aromatic heterocycles. The number of halogens is 1. The number of nitrogens with zero attached hydrogens (tertiary/aromatic N) is 2. The van der Waals surface area contributed by atoms with Crippen LogP contribution in [0.3, 0.4) is 0 Å². The summed E-state index contributed by atoms with van der Waals surface area (Å²) < 4.78 is 3.21. The zero-order chi connectivity index (χ0) is 12.1.